The Bertz CT molecular complexity index is 686. The van der Waals surface area contributed by atoms with Gasteiger partial charge in [-0.25, -0.2) is 0 Å². The molecule has 0 bridgehead atoms. The van der Waals surface area contributed by atoms with E-state index in [1.54, 1.807) is 7.11 Å². The van der Waals surface area contributed by atoms with E-state index in [1.165, 1.54) is 11.1 Å². The maximum absolute atomic E-state index is 8.92. The fourth-order valence-corrected chi connectivity index (χ4v) is 2.56. The van der Waals surface area contributed by atoms with Crippen LogP contribution in [-0.2, 0) is 13.0 Å². The molecule has 1 N–H and O–H groups in total. The van der Waals surface area contributed by atoms with Crippen LogP contribution in [0, 0.1) is 18.3 Å². The average Bonchev–Trinajstić information content (AvgIpc) is 2.53. The summed E-state index contributed by atoms with van der Waals surface area (Å²) in [6.45, 7) is 5.95. The number of hydrogen-bond acceptors (Lipinski definition) is 3. The maximum Gasteiger partial charge on any atom is 0.126 e. The predicted molar refractivity (Wildman–Crippen MR) is 89.9 cm³/mol. The van der Waals surface area contributed by atoms with E-state index in [2.05, 4.69) is 49.5 Å². The van der Waals surface area contributed by atoms with Crippen molar-refractivity contribution in [1.82, 2.24) is 5.32 Å². The van der Waals surface area contributed by atoms with E-state index in [9.17, 15) is 0 Å². The number of nitriles is 1. The van der Waals surface area contributed by atoms with E-state index in [-0.39, 0.29) is 0 Å². The Morgan fingerprint density at radius 1 is 1.14 bits per heavy atom. The molecule has 114 valence electrons. The number of nitrogens with one attached hydrogen (secondary N) is 1. The van der Waals surface area contributed by atoms with Crippen molar-refractivity contribution in [3.63, 3.8) is 0 Å². The summed E-state index contributed by atoms with van der Waals surface area (Å²) >= 11 is 0. The second kappa shape index (κ2) is 7.63. The van der Waals surface area contributed by atoms with E-state index in [0.29, 0.717) is 6.42 Å². The minimum absolute atomic E-state index is 0.408. The number of aryl methyl sites for hydroxylation is 1. The zero-order valence-corrected chi connectivity index (χ0v) is 13.4. The standard InChI is InChI=1S/C19H22N2O/c1-4-21-13-16-11-14(2)5-7-17(16)18-12-15(9-10-20)6-8-19(18)22-3/h5-8,11-12,21H,4,9,13H2,1-3H3. The number of methoxy groups -OCH3 is 1. The van der Waals surface area contributed by atoms with Crippen LogP contribution < -0.4 is 10.1 Å². The summed E-state index contributed by atoms with van der Waals surface area (Å²) < 4.78 is 5.52. The second-order valence-corrected chi connectivity index (χ2v) is 5.31. The molecule has 0 heterocycles. The molecule has 3 nitrogen and oxygen atoms in total. The van der Waals surface area contributed by atoms with Gasteiger partial charge in [0.2, 0.25) is 0 Å². The SMILES string of the molecule is CCNCc1cc(C)ccc1-c1cc(CC#N)ccc1OC. The van der Waals surface area contributed by atoms with Gasteiger partial charge in [0.1, 0.15) is 5.75 Å². The molecule has 0 spiro atoms. The molecule has 2 aromatic carbocycles. The first-order chi connectivity index (χ1) is 10.7. The Labute approximate surface area is 132 Å². The van der Waals surface area contributed by atoms with Crippen molar-refractivity contribution in [2.75, 3.05) is 13.7 Å². The first-order valence-electron chi connectivity index (χ1n) is 7.54. The highest BCUT2D eigenvalue weighted by Crippen LogP contribution is 2.34. The predicted octanol–water partition coefficient (Wildman–Crippen LogP) is 3.85. The summed E-state index contributed by atoms with van der Waals surface area (Å²) in [5.41, 5.74) is 5.69. The van der Waals surface area contributed by atoms with Crippen LogP contribution in [0.15, 0.2) is 36.4 Å². The summed E-state index contributed by atoms with van der Waals surface area (Å²) in [7, 11) is 1.68. The molecule has 0 amide bonds. The van der Waals surface area contributed by atoms with Crippen LogP contribution in [-0.4, -0.2) is 13.7 Å². The molecule has 0 unspecified atom stereocenters. The lowest BCUT2D eigenvalue weighted by Crippen LogP contribution is -2.12. The summed E-state index contributed by atoms with van der Waals surface area (Å²) in [6, 6.07) is 14.6. The van der Waals surface area contributed by atoms with Gasteiger partial charge in [-0.15, -0.1) is 0 Å². The number of benzene rings is 2. The second-order valence-electron chi connectivity index (χ2n) is 5.31. The van der Waals surface area contributed by atoms with E-state index in [4.69, 9.17) is 10.00 Å². The van der Waals surface area contributed by atoms with Crippen molar-refractivity contribution in [1.29, 1.82) is 5.26 Å². The Morgan fingerprint density at radius 3 is 2.64 bits per heavy atom. The molecule has 0 aromatic heterocycles. The Balaban J connectivity index is 2.54. The lowest BCUT2D eigenvalue weighted by molar-refractivity contribution is 0.416. The van der Waals surface area contributed by atoms with Crippen LogP contribution in [0.2, 0.25) is 0 Å². The summed E-state index contributed by atoms with van der Waals surface area (Å²) in [6.07, 6.45) is 0.408. The minimum atomic E-state index is 0.408. The van der Waals surface area contributed by atoms with Gasteiger partial charge in [0.05, 0.1) is 19.6 Å². The van der Waals surface area contributed by atoms with Gasteiger partial charge >= 0.3 is 0 Å². The van der Waals surface area contributed by atoms with E-state index in [1.807, 2.05) is 12.1 Å². The fraction of sp³-hybridized carbons (Fsp3) is 0.316. The largest absolute Gasteiger partial charge is 0.496 e. The topological polar surface area (TPSA) is 45.0 Å². The molecule has 0 radical (unpaired) electrons. The summed E-state index contributed by atoms with van der Waals surface area (Å²) in [5, 5.41) is 12.3. The zero-order valence-electron chi connectivity index (χ0n) is 13.4. The van der Waals surface area contributed by atoms with Crippen molar-refractivity contribution in [3.8, 4) is 22.9 Å². The lowest BCUT2D eigenvalue weighted by atomic mass is 9.95. The van der Waals surface area contributed by atoms with E-state index in [0.717, 1.165) is 35.5 Å². The van der Waals surface area contributed by atoms with Gasteiger partial charge in [0, 0.05) is 12.1 Å². The Hall–Kier alpha value is -2.31. The summed E-state index contributed by atoms with van der Waals surface area (Å²) in [4.78, 5) is 0. The van der Waals surface area contributed by atoms with Crippen LogP contribution in [0.3, 0.4) is 0 Å². The molecule has 0 saturated carbocycles. The molecular weight excluding hydrogens is 272 g/mol. The highest BCUT2D eigenvalue weighted by molar-refractivity contribution is 5.74. The lowest BCUT2D eigenvalue weighted by Gasteiger charge is -2.15. The zero-order chi connectivity index (χ0) is 15.9. The van der Waals surface area contributed by atoms with Gasteiger partial charge in [-0.3, -0.25) is 0 Å². The number of hydrogen-bond donors (Lipinski definition) is 1. The van der Waals surface area contributed by atoms with Crippen LogP contribution in [0.25, 0.3) is 11.1 Å². The first-order valence-corrected chi connectivity index (χ1v) is 7.54. The normalized spacial score (nSPS) is 10.3. The van der Waals surface area contributed by atoms with Crippen molar-refractivity contribution in [2.24, 2.45) is 0 Å². The molecule has 22 heavy (non-hydrogen) atoms. The van der Waals surface area contributed by atoms with Crippen LogP contribution >= 0.6 is 0 Å². The smallest absolute Gasteiger partial charge is 0.126 e. The van der Waals surface area contributed by atoms with Gasteiger partial charge in [-0.1, -0.05) is 36.8 Å². The molecule has 0 atom stereocenters. The molecule has 0 saturated heterocycles. The fourth-order valence-electron chi connectivity index (χ4n) is 2.56. The average molecular weight is 294 g/mol. The summed E-state index contributed by atoms with van der Waals surface area (Å²) in [5.74, 6) is 0.836. The number of rotatable bonds is 6. The molecule has 0 aliphatic heterocycles. The van der Waals surface area contributed by atoms with Crippen molar-refractivity contribution < 1.29 is 4.74 Å². The minimum Gasteiger partial charge on any atom is -0.496 e. The number of nitrogens with zero attached hydrogens (tertiary/aromatic N) is 1. The first kappa shape index (κ1) is 16.1. The molecular formula is C19H22N2O. The Kier molecular flexibility index (Phi) is 5.57. The van der Waals surface area contributed by atoms with Crippen molar-refractivity contribution in [3.05, 3.63) is 53.1 Å². The third-order valence-corrected chi connectivity index (χ3v) is 3.66. The molecule has 0 fully saturated rings. The molecule has 0 aliphatic rings. The third kappa shape index (κ3) is 3.66. The van der Waals surface area contributed by atoms with Gasteiger partial charge in [-0.2, -0.15) is 5.26 Å². The number of ether oxygens (including phenoxy) is 1. The van der Waals surface area contributed by atoms with Crippen LogP contribution in [0.5, 0.6) is 5.75 Å². The Morgan fingerprint density at radius 2 is 1.95 bits per heavy atom. The molecule has 0 aliphatic carbocycles. The monoisotopic (exact) mass is 294 g/mol. The highest BCUT2D eigenvalue weighted by Gasteiger charge is 2.11. The van der Waals surface area contributed by atoms with E-state index >= 15 is 0 Å². The quantitative estimate of drug-likeness (QED) is 0.880. The van der Waals surface area contributed by atoms with Gasteiger partial charge in [-0.05, 0) is 42.3 Å². The molecule has 2 rings (SSSR count). The third-order valence-electron chi connectivity index (χ3n) is 3.66. The van der Waals surface area contributed by atoms with Crippen LogP contribution in [0.4, 0.5) is 0 Å². The van der Waals surface area contributed by atoms with Crippen molar-refractivity contribution in [2.45, 2.75) is 26.8 Å². The highest BCUT2D eigenvalue weighted by atomic mass is 16.5. The van der Waals surface area contributed by atoms with E-state index < -0.39 is 0 Å². The van der Waals surface area contributed by atoms with Gasteiger partial charge < -0.3 is 10.1 Å². The molecule has 2 aromatic rings. The van der Waals surface area contributed by atoms with Gasteiger partial charge in [0.25, 0.3) is 0 Å². The van der Waals surface area contributed by atoms with Crippen LogP contribution in [0.1, 0.15) is 23.6 Å². The maximum atomic E-state index is 8.92. The molecule has 3 heteroatoms. The van der Waals surface area contributed by atoms with Gasteiger partial charge in [0.15, 0.2) is 0 Å². The van der Waals surface area contributed by atoms with Crippen molar-refractivity contribution >= 4 is 0 Å².